The van der Waals surface area contributed by atoms with Gasteiger partial charge in [-0.3, -0.25) is 4.79 Å². The number of rotatable bonds is 4. The number of hydrogen-bond acceptors (Lipinski definition) is 2. The lowest BCUT2D eigenvalue weighted by Crippen LogP contribution is -2.17. The maximum atomic E-state index is 12.2. The molecule has 0 aliphatic carbocycles. The Labute approximate surface area is 128 Å². The Hall–Kier alpha value is -1.51. The average Bonchev–Trinajstić information content (AvgIpc) is 2.44. The first kappa shape index (κ1) is 14.9. The molecule has 0 amide bonds. The standard InChI is InChI=1S/C16H14Cl2O2/c1-2-20-16(19)15(11-3-7-13(17)8-4-11)12-5-9-14(18)10-6-12/h3-10,15H,2H2,1H3/i19+2. The predicted octanol–water partition coefficient (Wildman–Crippen LogP) is 4.69. The summed E-state index contributed by atoms with van der Waals surface area (Å²) in [5.41, 5.74) is 1.69. The number of benzene rings is 2. The molecule has 0 saturated carbocycles. The first-order chi connectivity index (χ1) is 9.61. The molecule has 2 aromatic rings. The fraction of sp³-hybridized carbons (Fsp3) is 0.188. The van der Waals surface area contributed by atoms with Crippen molar-refractivity contribution in [2.75, 3.05) is 6.61 Å². The Bertz CT molecular complexity index is 531. The molecule has 0 fully saturated rings. The van der Waals surface area contributed by atoms with Crippen LogP contribution in [0, 0.1) is 0 Å². The van der Waals surface area contributed by atoms with Gasteiger partial charge >= 0.3 is 5.97 Å². The van der Waals surface area contributed by atoms with Crippen LogP contribution in [-0.4, -0.2) is 12.6 Å². The molecule has 0 N–H and O–H groups in total. The molecule has 0 unspecified atom stereocenters. The third-order valence-electron chi connectivity index (χ3n) is 2.93. The highest BCUT2D eigenvalue weighted by molar-refractivity contribution is 6.30. The molecule has 0 saturated heterocycles. The number of ether oxygens (including phenoxy) is 1. The molecular formula is C16H14Cl2O2. The van der Waals surface area contributed by atoms with Crippen molar-refractivity contribution >= 4 is 29.2 Å². The van der Waals surface area contributed by atoms with Crippen molar-refractivity contribution in [3.63, 3.8) is 0 Å². The summed E-state index contributed by atoms with van der Waals surface area (Å²) in [6.45, 7) is 2.13. The van der Waals surface area contributed by atoms with E-state index in [-0.39, 0.29) is 5.97 Å². The molecular weight excluding hydrogens is 297 g/mol. The third-order valence-corrected chi connectivity index (χ3v) is 3.43. The van der Waals surface area contributed by atoms with Crippen molar-refractivity contribution in [1.82, 2.24) is 0 Å². The quantitative estimate of drug-likeness (QED) is 0.605. The van der Waals surface area contributed by atoms with Crippen LogP contribution in [0.15, 0.2) is 48.5 Å². The van der Waals surface area contributed by atoms with Gasteiger partial charge in [-0.2, -0.15) is 0 Å². The minimum absolute atomic E-state index is 0.280. The summed E-state index contributed by atoms with van der Waals surface area (Å²) in [4.78, 5) is 12.2. The lowest BCUT2D eigenvalue weighted by atomic mass is 9.91. The third kappa shape index (κ3) is 3.53. The smallest absolute Gasteiger partial charge is 0.317 e. The van der Waals surface area contributed by atoms with E-state index in [1.807, 2.05) is 24.3 Å². The fourth-order valence-electron chi connectivity index (χ4n) is 2.00. The molecule has 0 aromatic heterocycles. The van der Waals surface area contributed by atoms with E-state index in [1.165, 1.54) is 0 Å². The highest BCUT2D eigenvalue weighted by Gasteiger charge is 2.23. The molecule has 0 heterocycles. The predicted molar refractivity (Wildman–Crippen MR) is 81.4 cm³/mol. The summed E-state index contributed by atoms with van der Waals surface area (Å²) >= 11 is 11.8. The van der Waals surface area contributed by atoms with Crippen LogP contribution in [0.3, 0.4) is 0 Å². The molecule has 2 aromatic carbocycles. The number of hydrogen-bond donors (Lipinski definition) is 0. The highest BCUT2D eigenvalue weighted by atomic mass is 35.5. The van der Waals surface area contributed by atoms with Crippen molar-refractivity contribution in [3.05, 3.63) is 69.7 Å². The zero-order chi connectivity index (χ0) is 14.5. The van der Waals surface area contributed by atoms with Gasteiger partial charge in [-0.1, -0.05) is 47.5 Å². The molecule has 0 radical (unpaired) electrons. The summed E-state index contributed by atoms with van der Waals surface area (Å²) in [5.74, 6) is -0.748. The highest BCUT2D eigenvalue weighted by Crippen LogP contribution is 2.28. The minimum atomic E-state index is -0.468. The molecule has 4 heteroatoms. The van der Waals surface area contributed by atoms with Gasteiger partial charge in [0.15, 0.2) is 0 Å². The number of halogens is 2. The summed E-state index contributed by atoms with van der Waals surface area (Å²) in [6, 6.07) is 14.4. The zero-order valence-electron chi connectivity index (χ0n) is 11.0. The second-order valence-corrected chi connectivity index (χ2v) is 5.16. The van der Waals surface area contributed by atoms with Gasteiger partial charge in [0.25, 0.3) is 0 Å². The summed E-state index contributed by atoms with van der Waals surface area (Å²) in [7, 11) is 0. The van der Waals surface area contributed by atoms with E-state index in [9.17, 15) is 4.79 Å². The first-order valence-corrected chi connectivity index (χ1v) is 7.05. The van der Waals surface area contributed by atoms with Crippen molar-refractivity contribution in [1.29, 1.82) is 0 Å². The van der Waals surface area contributed by atoms with E-state index >= 15 is 0 Å². The number of carbonyl (C=O) groups is 1. The SMILES string of the molecule is CCOC(=[18O])C(c1ccc(Cl)cc1)c1ccc(Cl)cc1. The van der Waals surface area contributed by atoms with E-state index < -0.39 is 5.92 Å². The van der Waals surface area contributed by atoms with Crippen molar-refractivity contribution in [2.45, 2.75) is 12.8 Å². The Morgan fingerprint density at radius 2 is 1.35 bits per heavy atom. The lowest BCUT2D eigenvalue weighted by Gasteiger charge is -2.16. The second-order valence-electron chi connectivity index (χ2n) is 4.29. The molecule has 0 bridgehead atoms. The van der Waals surface area contributed by atoms with Crippen molar-refractivity contribution in [3.8, 4) is 0 Å². The monoisotopic (exact) mass is 310 g/mol. The van der Waals surface area contributed by atoms with Gasteiger partial charge < -0.3 is 4.74 Å². The van der Waals surface area contributed by atoms with Gasteiger partial charge in [0.2, 0.25) is 0 Å². The Morgan fingerprint density at radius 3 is 1.70 bits per heavy atom. The molecule has 0 aliphatic rings. The first-order valence-electron chi connectivity index (χ1n) is 6.29. The van der Waals surface area contributed by atoms with E-state index in [0.29, 0.717) is 16.7 Å². The maximum Gasteiger partial charge on any atom is 0.317 e. The Morgan fingerprint density at radius 1 is 0.950 bits per heavy atom. The lowest BCUT2D eigenvalue weighted by molar-refractivity contribution is -0.143. The summed E-state index contributed by atoms with van der Waals surface area (Å²) < 4.78 is 5.17. The van der Waals surface area contributed by atoms with Gasteiger partial charge in [-0.25, -0.2) is 0 Å². The van der Waals surface area contributed by atoms with Gasteiger partial charge in [0.1, 0.15) is 5.92 Å². The average molecular weight is 311 g/mol. The molecule has 0 atom stereocenters. The van der Waals surface area contributed by atoms with E-state index in [2.05, 4.69) is 0 Å². The van der Waals surface area contributed by atoms with Crippen molar-refractivity contribution < 1.29 is 9.53 Å². The van der Waals surface area contributed by atoms with Crippen LogP contribution < -0.4 is 0 Å². The fourth-order valence-corrected chi connectivity index (χ4v) is 2.25. The van der Waals surface area contributed by atoms with Gasteiger partial charge in [-0.15, -0.1) is 0 Å². The van der Waals surface area contributed by atoms with Gasteiger partial charge in [-0.05, 0) is 42.3 Å². The van der Waals surface area contributed by atoms with Crippen LogP contribution in [0.1, 0.15) is 24.0 Å². The molecule has 2 rings (SSSR count). The van der Waals surface area contributed by atoms with Gasteiger partial charge in [0, 0.05) is 10.0 Å². The van der Waals surface area contributed by atoms with Gasteiger partial charge in [0.05, 0.1) is 6.61 Å². The zero-order valence-corrected chi connectivity index (χ0v) is 12.5. The summed E-state index contributed by atoms with van der Waals surface area (Å²) in [5, 5.41) is 1.26. The van der Waals surface area contributed by atoms with E-state index in [0.717, 1.165) is 11.1 Å². The minimum Gasteiger partial charge on any atom is -0.465 e. The van der Waals surface area contributed by atoms with Crippen molar-refractivity contribution in [2.24, 2.45) is 0 Å². The molecule has 2 nitrogen and oxygen atoms in total. The van der Waals surface area contributed by atoms with E-state index in [4.69, 9.17) is 27.9 Å². The largest absolute Gasteiger partial charge is 0.465 e. The summed E-state index contributed by atoms with van der Waals surface area (Å²) in [6.07, 6.45) is 0. The van der Waals surface area contributed by atoms with E-state index in [1.54, 1.807) is 31.2 Å². The Kier molecular flexibility index (Phi) is 5.05. The molecule has 104 valence electrons. The number of carbonyl (C=O) groups excluding carboxylic acids is 1. The van der Waals surface area contributed by atoms with Crippen LogP contribution in [0.5, 0.6) is 0 Å². The second kappa shape index (κ2) is 6.78. The Balaban J connectivity index is 2.41. The number of esters is 1. The maximum absolute atomic E-state index is 12.2. The molecule has 0 aliphatic heterocycles. The van der Waals surface area contributed by atoms with Crippen LogP contribution in [-0.2, 0) is 9.53 Å². The van der Waals surface area contributed by atoms with Crippen LogP contribution in [0.25, 0.3) is 0 Å². The normalized spacial score (nSPS) is 10.6. The molecule has 0 spiro atoms. The van der Waals surface area contributed by atoms with Crippen LogP contribution >= 0.6 is 23.2 Å². The molecule has 20 heavy (non-hydrogen) atoms. The van der Waals surface area contributed by atoms with Crippen LogP contribution in [0.4, 0.5) is 0 Å². The topological polar surface area (TPSA) is 26.3 Å². The van der Waals surface area contributed by atoms with Crippen LogP contribution in [0.2, 0.25) is 10.0 Å².